The largest absolute Gasteiger partial charge is 0.378 e. The lowest BCUT2D eigenvalue weighted by molar-refractivity contribution is 0.00849. The Labute approximate surface area is 155 Å². The highest BCUT2D eigenvalue weighted by Crippen LogP contribution is 2.00. The Morgan fingerprint density at radius 3 is 1.96 bits per heavy atom. The lowest BCUT2D eigenvalue weighted by Crippen LogP contribution is -2.47. The fourth-order valence-electron chi connectivity index (χ4n) is 2.70. The van der Waals surface area contributed by atoms with Gasteiger partial charge < -0.3 is 24.4 Å². The summed E-state index contributed by atoms with van der Waals surface area (Å²) in [7, 11) is 0. The van der Waals surface area contributed by atoms with Gasteiger partial charge in [-0.15, -0.1) is 0 Å². The van der Waals surface area contributed by atoms with Crippen molar-refractivity contribution in [3.05, 3.63) is 0 Å². The highest BCUT2D eigenvalue weighted by molar-refractivity contribution is 4.70. The monoisotopic (exact) mass is 359 g/mol. The lowest BCUT2D eigenvalue weighted by atomic mass is 10.1. The Morgan fingerprint density at radius 1 is 0.800 bits per heavy atom. The molecule has 1 fully saturated rings. The molecule has 1 heterocycles. The minimum absolute atomic E-state index is 0.647. The van der Waals surface area contributed by atoms with Gasteiger partial charge in [0.1, 0.15) is 0 Å². The van der Waals surface area contributed by atoms with Crippen LogP contribution < -0.4 is 5.32 Å². The van der Waals surface area contributed by atoms with Gasteiger partial charge in [-0.1, -0.05) is 27.2 Å². The molecule has 1 aliphatic rings. The van der Waals surface area contributed by atoms with E-state index in [0.29, 0.717) is 26.4 Å². The van der Waals surface area contributed by atoms with Crippen molar-refractivity contribution in [2.75, 3.05) is 92.0 Å². The van der Waals surface area contributed by atoms with E-state index < -0.39 is 0 Å². The molecule has 1 atom stereocenters. The van der Waals surface area contributed by atoms with Gasteiger partial charge in [0.25, 0.3) is 0 Å². The fourth-order valence-corrected chi connectivity index (χ4v) is 2.70. The number of likely N-dealkylation sites (N-methyl/N-ethyl adjacent to an activating group) is 1. The zero-order chi connectivity index (χ0) is 18.2. The molecule has 1 unspecified atom stereocenters. The van der Waals surface area contributed by atoms with Crippen LogP contribution in [0.25, 0.3) is 0 Å². The van der Waals surface area contributed by atoms with Crippen molar-refractivity contribution in [3.63, 3.8) is 0 Å². The molecular weight excluding hydrogens is 318 g/mol. The average Bonchev–Trinajstić information content (AvgIpc) is 2.65. The van der Waals surface area contributed by atoms with E-state index in [1.807, 2.05) is 0 Å². The molecule has 0 saturated carbocycles. The number of hydrogen-bond acceptors (Lipinski definition) is 6. The van der Waals surface area contributed by atoms with Gasteiger partial charge in [0.05, 0.1) is 39.6 Å². The van der Waals surface area contributed by atoms with Crippen LogP contribution in [0, 0.1) is 5.92 Å². The first kappa shape index (κ1) is 22.8. The van der Waals surface area contributed by atoms with Gasteiger partial charge in [-0.2, -0.15) is 0 Å². The molecule has 1 rings (SSSR count). The van der Waals surface area contributed by atoms with Gasteiger partial charge in [0.15, 0.2) is 0 Å². The lowest BCUT2D eigenvalue weighted by Gasteiger charge is -2.33. The van der Waals surface area contributed by atoms with Crippen LogP contribution in [-0.4, -0.2) is 102 Å². The standard InChI is InChI=1S/C19H41N3O3/c1-4-19(3)18-20-6-12-23-14-16-25-17-15-24-13-11-22-9-7-21(5-2)8-10-22/h19-20H,4-18H2,1-3H3. The predicted molar refractivity (Wildman–Crippen MR) is 103 cm³/mol. The van der Waals surface area contributed by atoms with Crippen LogP contribution in [0.4, 0.5) is 0 Å². The summed E-state index contributed by atoms with van der Waals surface area (Å²) in [5.74, 6) is 0.740. The molecule has 150 valence electrons. The molecule has 0 spiro atoms. The van der Waals surface area contributed by atoms with Crippen LogP contribution in [0.15, 0.2) is 0 Å². The van der Waals surface area contributed by atoms with E-state index in [9.17, 15) is 0 Å². The fraction of sp³-hybridized carbons (Fsp3) is 1.00. The van der Waals surface area contributed by atoms with E-state index in [1.165, 1.54) is 26.1 Å². The second-order valence-corrected chi connectivity index (χ2v) is 6.83. The zero-order valence-electron chi connectivity index (χ0n) is 16.8. The molecular formula is C19H41N3O3. The first-order valence-corrected chi connectivity index (χ1v) is 10.1. The topological polar surface area (TPSA) is 46.2 Å². The van der Waals surface area contributed by atoms with Gasteiger partial charge in [0.2, 0.25) is 0 Å². The Kier molecular flexibility index (Phi) is 14.6. The maximum Gasteiger partial charge on any atom is 0.0701 e. The van der Waals surface area contributed by atoms with Crippen molar-refractivity contribution in [2.24, 2.45) is 5.92 Å². The first-order valence-electron chi connectivity index (χ1n) is 10.1. The smallest absolute Gasteiger partial charge is 0.0701 e. The van der Waals surface area contributed by atoms with Crippen molar-refractivity contribution in [1.82, 2.24) is 15.1 Å². The summed E-state index contributed by atoms with van der Waals surface area (Å²) in [5.41, 5.74) is 0. The summed E-state index contributed by atoms with van der Waals surface area (Å²) in [6.45, 7) is 19.8. The maximum atomic E-state index is 5.65. The Balaban J connectivity index is 1.74. The van der Waals surface area contributed by atoms with Crippen molar-refractivity contribution in [3.8, 4) is 0 Å². The summed E-state index contributed by atoms with van der Waals surface area (Å²) in [6, 6.07) is 0. The number of rotatable bonds is 16. The third kappa shape index (κ3) is 12.7. The Morgan fingerprint density at radius 2 is 1.36 bits per heavy atom. The van der Waals surface area contributed by atoms with Crippen molar-refractivity contribution < 1.29 is 14.2 Å². The van der Waals surface area contributed by atoms with Gasteiger partial charge in [-0.05, 0) is 19.0 Å². The van der Waals surface area contributed by atoms with Gasteiger partial charge >= 0.3 is 0 Å². The van der Waals surface area contributed by atoms with Crippen molar-refractivity contribution in [2.45, 2.75) is 27.2 Å². The van der Waals surface area contributed by atoms with Gasteiger partial charge in [0, 0.05) is 39.3 Å². The van der Waals surface area contributed by atoms with Crippen molar-refractivity contribution >= 4 is 0 Å². The molecule has 6 heteroatoms. The third-order valence-electron chi connectivity index (χ3n) is 4.82. The number of ether oxygens (including phenoxy) is 3. The molecule has 0 aromatic rings. The van der Waals surface area contributed by atoms with Crippen LogP contribution in [0.5, 0.6) is 0 Å². The molecule has 1 N–H and O–H groups in total. The summed E-state index contributed by atoms with van der Waals surface area (Å²) >= 11 is 0. The average molecular weight is 360 g/mol. The van der Waals surface area contributed by atoms with Gasteiger partial charge in [-0.25, -0.2) is 0 Å². The quantitative estimate of drug-likeness (QED) is 0.419. The van der Waals surface area contributed by atoms with E-state index in [2.05, 4.69) is 35.9 Å². The number of hydrogen-bond donors (Lipinski definition) is 1. The molecule has 0 radical (unpaired) electrons. The van der Waals surface area contributed by atoms with Crippen LogP contribution >= 0.6 is 0 Å². The summed E-state index contributed by atoms with van der Waals surface area (Å²) in [6.07, 6.45) is 1.22. The SMILES string of the molecule is CCC(C)CNCCOCCOCCOCCN1CCN(CC)CC1. The van der Waals surface area contributed by atoms with E-state index in [1.54, 1.807) is 0 Å². The highest BCUT2D eigenvalue weighted by atomic mass is 16.5. The van der Waals surface area contributed by atoms with Crippen LogP contribution in [-0.2, 0) is 14.2 Å². The molecule has 0 bridgehead atoms. The van der Waals surface area contributed by atoms with Crippen LogP contribution in [0.2, 0.25) is 0 Å². The number of nitrogens with one attached hydrogen (secondary N) is 1. The van der Waals surface area contributed by atoms with Crippen LogP contribution in [0.1, 0.15) is 27.2 Å². The minimum atomic E-state index is 0.647. The molecule has 0 amide bonds. The third-order valence-corrected chi connectivity index (χ3v) is 4.82. The zero-order valence-corrected chi connectivity index (χ0v) is 16.8. The van der Waals surface area contributed by atoms with Gasteiger partial charge in [-0.3, -0.25) is 4.90 Å². The molecule has 0 aliphatic carbocycles. The minimum Gasteiger partial charge on any atom is -0.378 e. The Hall–Kier alpha value is -0.240. The first-order chi connectivity index (χ1) is 12.3. The van der Waals surface area contributed by atoms with Crippen LogP contribution in [0.3, 0.4) is 0 Å². The molecule has 6 nitrogen and oxygen atoms in total. The highest BCUT2D eigenvalue weighted by Gasteiger charge is 2.14. The predicted octanol–water partition coefficient (Wildman–Crippen LogP) is 1.31. The van der Waals surface area contributed by atoms with Crippen molar-refractivity contribution in [1.29, 1.82) is 0 Å². The number of nitrogens with zero attached hydrogens (tertiary/aromatic N) is 2. The molecule has 0 aromatic heterocycles. The van der Waals surface area contributed by atoms with E-state index >= 15 is 0 Å². The maximum absolute atomic E-state index is 5.65. The Bertz CT molecular complexity index is 287. The normalized spacial score (nSPS) is 17.9. The number of piperazine rings is 1. The van der Waals surface area contributed by atoms with E-state index in [4.69, 9.17) is 14.2 Å². The molecule has 0 aromatic carbocycles. The second-order valence-electron chi connectivity index (χ2n) is 6.83. The summed E-state index contributed by atoms with van der Waals surface area (Å²) in [5, 5.41) is 3.40. The molecule has 25 heavy (non-hydrogen) atoms. The second kappa shape index (κ2) is 16.0. The molecule has 1 saturated heterocycles. The summed E-state index contributed by atoms with van der Waals surface area (Å²) in [4.78, 5) is 4.98. The van der Waals surface area contributed by atoms with E-state index in [0.717, 1.165) is 51.9 Å². The molecule has 1 aliphatic heterocycles. The summed E-state index contributed by atoms with van der Waals surface area (Å²) < 4.78 is 16.7. The van der Waals surface area contributed by atoms with E-state index in [-0.39, 0.29) is 0 Å².